The van der Waals surface area contributed by atoms with Crippen molar-refractivity contribution < 1.29 is 14.5 Å². The summed E-state index contributed by atoms with van der Waals surface area (Å²) in [6.45, 7) is 1.70. The molecular formula is C15H13NO4. The number of carbonyl (C=O) groups excluding carboxylic acids is 1. The van der Waals surface area contributed by atoms with Crippen LogP contribution in [0.1, 0.15) is 18.4 Å². The molecule has 102 valence electrons. The minimum Gasteiger partial charge on any atom is -0.419 e. The van der Waals surface area contributed by atoms with Gasteiger partial charge in [-0.1, -0.05) is 42.5 Å². The van der Waals surface area contributed by atoms with E-state index in [0.29, 0.717) is 0 Å². The van der Waals surface area contributed by atoms with Gasteiger partial charge in [-0.25, -0.2) is 0 Å². The van der Waals surface area contributed by atoms with Crippen LogP contribution in [0.2, 0.25) is 0 Å². The normalized spacial score (nSPS) is 11.7. The van der Waals surface area contributed by atoms with Crippen molar-refractivity contribution in [1.29, 1.82) is 0 Å². The van der Waals surface area contributed by atoms with E-state index in [-0.39, 0.29) is 11.4 Å². The highest BCUT2D eigenvalue weighted by Crippen LogP contribution is 2.27. The van der Waals surface area contributed by atoms with Gasteiger partial charge in [-0.05, 0) is 18.6 Å². The van der Waals surface area contributed by atoms with Crippen molar-refractivity contribution in [2.75, 3.05) is 0 Å². The van der Waals surface area contributed by atoms with Crippen LogP contribution in [0.5, 0.6) is 5.75 Å². The molecule has 5 nitrogen and oxygen atoms in total. The highest BCUT2D eigenvalue weighted by atomic mass is 16.6. The summed E-state index contributed by atoms with van der Waals surface area (Å²) in [7, 11) is 0. The van der Waals surface area contributed by atoms with E-state index in [0.717, 1.165) is 5.56 Å². The predicted octanol–water partition coefficient (Wildman–Crippen LogP) is 3.30. The smallest absolute Gasteiger partial charge is 0.318 e. The van der Waals surface area contributed by atoms with Crippen LogP contribution >= 0.6 is 0 Å². The van der Waals surface area contributed by atoms with E-state index < -0.39 is 16.8 Å². The first-order valence-corrected chi connectivity index (χ1v) is 6.09. The second-order valence-electron chi connectivity index (χ2n) is 4.28. The standard InChI is InChI=1S/C15H13NO4/c1-11(12-7-3-2-4-8-12)15(17)20-14-10-6-5-9-13(14)16(18)19/h2-11H,1H3. The van der Waals surface area contributed by atoms with Crippen LogP contribution in [-0.2, 0) is 4.79 Å². The van der Waals surface area contributed by atoms with Crippen LogP contribution in [0.15, 0.2) is 54.6 Å². The van der Waals surface area contributed by atoms with E-state index in [1.165, 1.54) is 18.2 Å². The zero-order chi connectivity index (χ0) is 14.5. The molecule has 1 atom stereocenters. The summed E-state index contributed by atoms with van der Waals surface area (Å²) in [4.78, 5) is 22.3. The van der Waals surface area contributed by atoms with E-state index in [1.54, 1.807) is 13.0 Å². The predicted molar refractivity (Wildman–Crippen MR) is 73.6 cm³/mol. The Bertz CT molecular complexity index is 625. The molecule has 0 aliphatic carbocycles. The zero-order valence-electron chi connectivity index (χ0n) is 10.9. The lowest BCUT2D eigenvalue weighted by molar-refractivity contribution is -0.385. The fraction of sp³-hybridized carbons (Fsp3) is 0.133. The molecule has 5 heteroatoms. The molecule has 0 saturated carbocycles. The van der Waals surface area contributed by atoms with Gasteiger partial charge >= 0.3 is 11.7 Å². The molecule has 2 aromatic rings. The summed E-state index contributed by atoms with van der Waals surface area (Å²) in [5.41, 5.74) is 0.581. The summed E-state index contributed by atoms with van der Waals surface area (Å²) in [5.74, 6) is -1.05. The summed E-state index contributed by atoms with van der Waals surface area (Å²) < 4.78 is 5.14. The van der Waals surface area contributed by atoms with Crippen LogP contribution in [0, 0.1) is 10.1 Å². The minimum absolute atomic E-state index is 0.0368. The lowest BCUT2D eigenvalue weighted by Crippen LogP contribution is -2.16. The molecule has 0 aliphatic heterocycles. The third kappa shape index (κ3) is 3.00. The lowest BCUT2D eigenvalue weighted by atomic mass is 10.0. The Kier molecular flexibility index (Phi) is 4.10. The average molecular weight is 271 g/mol. The minimum atomic E-state index is -0.574. The van der Waals surface area contributed by atoms with Gasteiger partial charge in [-0.3, -0.25) is 14.9 Å². The van der Waals surface area contributed by atoms with Crippen molar-refractivity contribution in [2.24, 2.45) is 0 Å². The maximum atomic E-state index is 12.0. The molecule has 0 bridgehead atoms. The van der Waals surface area contributed by atoms with Crippen molar-refractivity contribution in [2.45, 2.75) is 12.8 Å². The zero-order valence-corrected chi connectivity index (χ0v) is 10.9. The molecular weight excluding hydrogens is 258 g/mol. The Morgan fingerprint density at radius 3 is 2.35 bits per heavy atom. The molecule has 2 aromatic carbocycles. The van der Waals surface area contributed by atoms with Crippen molar-refractivity contribution in [3.05, 3.63) is 70.3 Å². The van der Waals surface area contributed by atoms with Gasteiger partial charge in [0, 0.05) is 6.07 Å². The highest BCUT2D eigenvalue weighted by Gasteiger charge is 2.21. The molecule has 2 rings (SSSR count). The second kappa shape index (κ2) is 5.97. The molecule has 20 heavy (non-hydrogen) atoms. The lowest BCUT2D eigenvalue weighted by Gasteiger charge is -2.11. The van der Waals surface area contributed by atoms with Gasteiger partial charge in [-0.15, -0.1) is 0 Å². The topological polar surface area (TPSA) is 69.4 Å². The first kappa shape index (κ1) is 13.7. The van der Waals surface area contributed by atoms with Crippen LogP contribution in [0.3, 0.4) is 0 Å². The molecule has 0 N–H and O–H groups in total. The van der Waals surface area contributed by atoms with Crippen LogP contribution in [-0.4, -0.2) is 10.9 Å². The fourth-order valence-electron chi connectivity index (χ4n) is 1.77. The molecule has 0 amide bonds. The summed E-state index contributed by atoms with van der Waals surface area (Å²) in [5, 5.41) is 10.9. The first-order valence-electron chi connectivity index (χ1n) is 6.09. The number of nitrogens with zero attached hydrogens (tertiary/aromatic N) is 1. The summed E-state index contributed by atoms with van der Waals surface area (Å²) in [6, 6.07) is 14.9. The molecule has 0 spiro atoms. The summed E-state index contributed by atoms with van der Waals surface area (Å²) >= 11 is 0. The van der Waals surface area contributed by atoms with Gasteiger partial charge < -0.3 is 4.74 Å². The summed E-state index contributed by atoms with van der Waals surface area (Å²) in [6.07, 6.45) is 0. The third-order valence-electron chi connectivity index (χ3n) is 2.93. The number of nitro benzene ring substituents is 1. The number of para-hydroxylation sites is 2. The van der Waals surface area contributed by atoms with Crippen LogP contribution in [0.25, 0.3) is 0 Å². The van der Waals surface area contributed by atoms with Gasteiger partial charge in [0.2, 0.25) is 5.75 Å². The Morgan fingerprint density at radius 2 is 1.70 bits per heavy atom. The monoisotopic (exact) mass is 271 g/mol. The number of ether oxygens (including phenoxy) is 1. The van der Waals surface area contributed by atoms with Crippen molar-refractivity contribution in [3.63, 3.8) is 0 Å². The number of carbonyl (C=O) groups is 1. The van der Waals surface area contributed by atoms with Crippen LogP contribution < -0.4 is 4.74 Å². The van der Waals surface area contributed by atoms with E-state index >= 15 is 0 Å². The molecule has 0 fully saturated rings. The molecule has 0 aromatic heterocycles. The van der Waals surface area contributed by atoms with E-state index in [4.69, 9.17) is 4.74 Å². The number of esters is 1. The van der Waals surface area contributed by atoms with E-state index in [9.17, 15) is 14.9 Å². The number of hydrogen-bond donors (Lipinski definition) is 0. The van der Waals surface area contributed by atoms with E-state index in [1.807, 2.05) is 30.3 Å². The van der Waals surface area contributed by atoms with Gasteiger partial charge in [-0.2, -0.15) is 0 Å². The molecule has 0 aliphatic rings. The van der Waals surface area contributed by atoms with Crippen molar-refractivity contribution >= 4 is 11.7 Å². The van der Waals surface area contributed by atoms with Crippen molar-refractivity contribution in [1.82, 2.24) is 0 Å². The quantitative estimate of drug-likeness (QED) is 0.370. The number of hydrogen-bond acceptors (Lipinski definition) is 4. The van der Waals surface area contributed by atoms with Gasteiger partial charge in [0.05, 0.1) is 10.8 Å². The molecule has 1 unspecified atom stereocenters. The number of benzene rings is 2. The van der Waals surface area contributed by atoms with Crippen LogP contribution in [0.4, 0.5) is 5.69 Å². The van der Waals surface area contributed by atoms with Gasteiger partial charge in [0.1, 0.15) is 0 Å². The Labute approximate surface area is 116 Å². The molecule has 0 radical (unpaired) electrons. The Balaban J connectivity index is 2.18. The maximum Gasteiger partial charge on any atom is 0.318 e. The third-order valence-corrected chi connectivity index (χ3v) is 2.93. The average Bonchev–Trinajstić information content (AvgIpc) is 2.47. The highest BCUT2D eigenvalue weighted by molar-refractivity contribution is 5.80. The largest absolute Gasteiger partial charge is 0.419 e. The van der Waals surface area contributed by atoms with Gasteiger partial charge in [0.15, 0.2) is 0 Å². The Hall–Kier alpha value is -2.69. The number of rotatable bonds is 4. The second-order valence-corrected chi connectivity index (χ2v) is 4.28. The Morgan fingerprint density at radius 1 is 1.10 bits per heavy atom. The van der Waals surface area contributed by atoms with Gasteiger partial charge in [0.25, 0.3) is 0 Å². The number of nitro groups is 1. The first-order chi connectivity index (χ1) is 9.59. The molecule has 0 heterocycles. The van der Waals surface area contributed by atoms with E-state index in [2.05, 4.69) is 0 Å². The van der Waals surface area contributed by atoms with Crippen molar-refractivity contribution in [3.8, 4) is 5.75 Å². The molecule has 0 saturated heterocycles. The SMILES string of the molecule is CC(C(=O)Oc1ccccc1[N+](=O)[O-])c1ccccc1. The fourth-order valence-corrected chi connectivity index (χ4v) is 1.77. The maximum absolute atomic E-state index is 12.0.